The first kappa shape index (κ1) is 8.16. The Morgan fingerprint density at radius 1 is 1.80 bits per heavy atom. The Kier molecular flexibility index (Phi) is 2.82. The summed E-state index contributed by atoms with van der Waals surface area (Å²) in [5.41, 5.74) is 0. The summed E-state index contributed by atoms with van der Waals surface area (Å²) in [5, 5.41) is 0. The van der Waals surface area contributed by atoms with E-state index >= 15 is 0 Å². The number of hydrogen-bond acceptors (Lipinski definition) is 2. The Morgan fingerprint density at radius 3 is 2.80 bits per heavy atom. The molecule has 0 heterocycles. The van der Waals surface area contributed by atoms with Crippen LogP contribution in [0.25, 0.3) is 0 Å². The molecular formula is C7H13O2P. The van der Waals surface area contributed by atoms with Gasteiger partial charge in [-0.1, -0.05) is 6.92 Å². The summed E-state index contributed by atoms with van der Waals surface area (Å²) in [5.74, 6) is 0.639. The molecule has 3 atom stereocenters. The topological polar surface area (TPSA) is 26.3 Å². The monoisotopic (exact) mass is 160 g/mol. The number of rotatable bonds is 2. The van der Waals surface area contributed by atoms with Gasteiger partial charge in [-0.3, -0.25) is 4.79 Å². The molecule has 0 aromatic heterocycles. The first-order valence-corrected chi connectivity index (χ1v) is 4.13. The standard InChI is InChI=1S/C7H13O2P/c1-2-5-3-6(9-10)4-7(5)8/h5-6H,2-4,10H2,1H3/t5-,6?/m0/s1. The summed E-state index contributed by atoms with van der Waals surface area (Å²) < 4.78 is 5.01. The molecule has 0 aliphatic heterocycles. The van der Waals surface area contributed by atoms with E-state index in [9.17, 15) is 4.79 Å². The molecule has 0 N–H and O–H groups in total. The Labute approximate surface area is 63.6 Å². The van der Waals surface area contributed by atoms with Crippen molar-refractivity contribution in [1.82, 2.24) is 0 Å². The maximum atomic E-state index is 11.1. The third-order valence-electron chi connectivity index (χ3n) is 2.12. The zero-order chi connectivity index (χ0) is 7.56. The zero-order valence-corrected chi connectivity index (χ0v) is 7.32. The van der Waals surface area contributed by atoms with Crippen molar-refractivity contribution in [3.63, 3.8) is 0 Å². The quantitative estimate of drug-likeness (QED) is 0.573. The van der Waals surface area contributed by atoms with Gasteiger partial charge in [0.05, 0.1) is 6.10 Å². The Balaban J connectivity index is 2.44. The van der Waals surface area contributed by atoms with Crippen LogP contribution in [-0.4, -0.2) is 11.9 Å². The van der Waals surface area contributed by atoms with E-state index in [1.807, 2.05) is 6.92 Å². The van der Waals surface area contributed by atoms with Crippen molar-refractivity contribution in [2.75, 3.05) is 0 Å². The van der Waals surface area contributed by atoms with Crippen molar-refractivity contribution in [1.29, 1.82) is 0 Å². The summed E-state index contributed by atoms with van der Waals surface area (Å²) in [7, 11) is 2.22. The van der Waals surface area contributed by atoms with Gasteiger partial charge < -0.3 is 4.52 Å². The molecule has 58 valence electrons. The summed E-state index contributed by atoms with van der Waals surface area (Å²) in [6, 6.07) is 0. The second kappa shape index (κ2) is 3.45. The third kappa shape index (κ3) is 1.56. The van der Waals surface area contributed by atoms with Crippen molar-refractivity contribution in [3.8, 4) is 0 Å². The normalized spacial score (nSPS) is 33.2. The lowest BCUT2D eigenvalue weighted by atomic mass is 10.1. The van der Waals surface area contributed by atoms with E-state index in [0.717, 1.165) is 12.8 Å². The molecule has 1 fully saturated rings. The van der Waals surface area contributed by atoms with Gasteiger partial charge in [0, 0.05) is 21.8 Å². The van der Waals surface area contributed by atoms with Crippen molar-refractivity contribution in [2.24, 2.45) is 5.92 Å². The van der Waals surface area contributed by atoms with Crippen molar-refractivity contribution in [3.05, 3.63) is 0 Å². The molecule has 1 aliphatic carbocycles. The molecule has 3 heteroatoms. The minimum atomic E-state index is 0.169. The molecular weight excluding hydrogens is 147 g/mol. The lowest BCUT2D eigenvalue weighted by molar-refractivity contribution is -0.120. The molecule has 0 aromatic carbocycles. The second-order valence-corrected chi connectivity index (χ2v) is 3.04. The van der Waals surface area contributed by atoms with E-state index in [2.05, 4.69) is 9.47 Å². The molecule has 0 aromatic rings. The Hall–Kier alpha value is 0.0600. The molecule has 10 heavy (non-hydrogen) atoms. The van der Waals surface area contributed by atoms with Crippen LogP contribution in [0.5, 0.6) is 0 Å². The smallest absolute Gasteiger partial charge is 0.138 e. The van der Waals surface area contributed by atoms with E-state index in [1.54, 1.807) is 0 Å². The van der Waals surface area contributed by atoms with Gasteiger partial charge in [-0.2, -0.15) is 0 Å². The van der Waals surface area contributed by atoms with E-state index in [0.29, 0.717) is 12.2 Å². The second-order valence-electron chi connectivity index (χ2n) is 2.77. The molecule has 0 bridgehead atoms. The highest BCUT2D eigenvalue weighted by molar-refractivity contribution is 7.09. The van der Waals surface area contributed by atoms with Crippen LogP contribution in [0.1, 0.15) is 26.2 Å². The number of ketones is 1. The Morgan fingerprint density at radius 2 is 2.50 bits per heavy atom. The largest absolute Gasteiger partial charge is 0.362 e. The van der Waals surface area contributed by atoms with Crippen molar-refractivity contribution < 1.29 is 9.32 Å². The third-order valence-corrected chi connectivity index (χ3v) is 2.50. The maximum Gasteiger partial charge on any atom is 0.138 e. The summed E-state index contributed by atoms with van der Waals surface area (Å²) in [6.07, 6.45) is 2.66. The van der Waals surface area contributed by atoms with Gasteiger partial charge in [-0.15, -0.1) is 0 Å². The fourth-order valence-electron chi connectivity index (χ4n) is 1.42. The first-order chi connectivity index (χ1) is 4.77. The van der Waals surface area contributed by atoms with Gasteiger partial charge in [-0.05, 0) is 12.8 Å². The highest BCUT2D eigenvalue weighted by Gasteiger charge is 2.30. The summed E-state index contributed by atoms with van der Waals surface area (Å²) in [6.45, 7) is 2.05. The predicted octanol–water partition coefficient (Wildman–Crippen LogP) is 1.55. The van der Waals surface area contributed by atoms with Crippen molar-refractivity contribution >= 4 is 15.2 Å². The SMILES string of the molecule is CC[C@H]1CC(OP)CC1=O. The van der Waals surface area contributed by atoms with Crippen LogP contribution >= 0.6 is 9.47 Å². The van der Waals surface area contributed by atoms with E-state index in [1.165, 1.54) is 0 Å². The average Bonchev–Trinajstić information content (AvgIpc) is 2.30. The van der Waals surface area contributed by atoms with Gasteiger partial charge in [-0.25, -0.2) is 0 Å². The predicted molar refractivity (Wildman–Crippen MR) is 42.6 cm³/mol. The van der Waals surface area contributed by atoms with Crippen LogP contribution in [0, 0.1) is 5.92 Å². The molecule has 1 aliphatic rings. The molecule has 0 amide bonds. The fraction of sp³-hybridized carbons (Fsp3) is 0.857. The van der Waals surface area contributed by atoms with Crippen LogP contribution in [-0.2, 0) is 9.32 Å². The summed E-state index contributed by atoms with van der Waals surface area (Å²) >= 11 is 0. The van der Waals surface area contributed by atoms with Crippen LogP contribution in [0.15, 0.2) is 0 Å². The lowest BCUT2D eigenvalue weighted by Crippen LogP contribution is -2.03. The van der Waals surface area contributed by atoms with E-state index in [4.69, 9.17) is 4.52 Å². The maximum absolute atomic E-state index is 11.1. The molecule has 1 saturated carbocycles. The first-order valence-electron chi connectivity index (χ1n) is 3.66. The van der Waals surface area contributed by atoms with Crippen LogP contribution in [0.4, 0.5) is 0 Å². The van der Waals surface area contributed by atoms with Gasteiger partial charge in [0.25, 0.3) is 0 Å². The molecule has 0 saturated heterocycles. The number of hydrogen-bond donors (Lipinski definition) is 0. The highest BCUT2D eigenvalue weighted by Crippen LogP contribution is 2.27. The minimum absolute atomic E-state index is 0.169. The molecule has 1 rings (SSSR count). The van der Waals surface area contributed by atoms with Crippen LogP contribution < -0.4 is 0 Å². The number of Topliss-reactive ketones (excluding diaryl/α,β-unsaturated/α-hetero) is 1. The van der Waals surface area contributed by atoms with Crippen LogP contribution in [0.3, 0.4) is 0 Å². The average molecular weight is 160 g/mol. The fourth-order valence-corrected chi connectivity index (χ4v) is 1.63. The molecule has 2 nitrogen and oxygen atoms in total. The summed E-state index contributed by atoms with van der Waals surface area (Å²) in [4.78, 5) is 11.1. The Bertz CT molecular complexity index is 136. The molecule has 0 radical (unpaired) electrons. The van der Waals surface area contributed by atoms with Gasteiger partial charge in [0.1, 0.15) is 5.78 Å². The number of carbonyl (C=O) groups excluding carboxylic acids is 1. The minimum Gasteiger partial charge on any atom is -0.362 e. The highest BCUT2D eigenvalue weighted by atomic mass is 31.0. The van der Waals surface area contributed by atoms with Crippen LogP contribution in [0.2, 0.25) is 0 Å². The number of carbonyl (C=O) groups is 1. The zero-order valence-electron chi connectivity index (χ0n) is 6.17. The molecule has 2 unspecified atom stereocenters. The van der Waals surface area contributed by atoms with E-state index < -0.39 is 0 Å². The van der Waals surface area contributed by atoms with Gasteiger partial charge in [0.15, 0.2) is 0 Å². The van der Waals surface area contributed by atoms with Gasteiger partial charge in [0.2, 0.25) is 0 Å². The van der Waals surface area contributed by atoms with Crippen molar-refractivity contribution in [2.45, 2.75) is 32.3 Å². The molecule has 0 spiro atoms. The van der Waals surface area contributed by atoms with Gasteiger partial charge >= 0.3 is 0 Å². The van der Waals surface area contributed by atoms with E-state index in [-0.39, 0.29) is 12.0 Å². The lowest BCUT2D eigenvalue weighted by Gasteiger charge is -2.04.